The molecule has 0 atom stereocenters. The van der Waals surface area contributed by atoms with E-state index >= 15 is 0 Å². The van der Waals surface area contributed by atoms with Crippen molar-refractivity contribution in [1.29, 1.82) is 0 Å². The van der Waals surface area contributed by atoms with Gasteiger partial charge in [-0.3, -0.25) is 19.5 Å². The summed E-state index contributed by atoms with van der Waals surface area (Å²) < 4.78 is 40.1. The largest absolute Gasteiger partial charge is 0.426 e. The number of benzene rings is 2. The van der Waals surface area contributed by atoms with Crippen LogP contribution >= 0.6 is 11.3 Å². The van der Waals surface area contributed by atoms with E-state index < -0.39 is 29.9 Å². The molecule has 1 fully saturated rings. The number of thiophene rings is 1. The number of hydrogen-bond acceptors (Lipinski definition) is 7. The number of para-hydroxylation sites is 1. The van der Waals surface area contributed by atoms with E-state index in [1.165, 1.54) is 35.6 Å². The SMILES string of the molecule is O=C(CC(=O)Oc1ccc(Cc2ccnc3cc(C#CCN4CCOCC4)sc23)c(F)c1)Nc1ccccc1F. The number of morpholine rings is 1. The van der Waals surface area contributed by atoms with Crippen molar-refractivity contribution >= 4 is 39.1 Å². The topological polar surface area (TPSA) is 80.8 Å². The van der Waals surface area contributed by atoms with Gasteiger partial charge in [0.1, 0.15) is 23.8 Å². The zero-order valence-corrected chi connectivity index (χ0v) is 22.2. The summed E-state index contributed by atoms with van der Waals surface area (Å²) in [5.41, 5.74) is 2.08. The van der Waals surface area contributed by atoms with Gasteiger partial charge in [-0.1, -0.05) is 30.0 Å². The number of carbonyl (C=O) groups excluding carboxylic acids is 2. The first-order valence-corrected chi connectivity index (χ1v) is 13.5. The quantitative estimate of drug-likeness (QED) is 0.151. The molecule has 0 bridgehead atoms. The molecule has 0 saturated carbocycles. The van der Waals surface area contributed by atoms with Crippen molar-refractivity contribution in [3.05, 3.63) is 88.4 Å². The maximum atomic E-state index is 15.0. The zero-order chi connectivity index (χ0) is 27.9. The molecule has 0 unspecified atom stereocenters. The van der Waals surface area contributed by atoms with Crippen molar-refractivity contribution in [3.63, 3.8) is 0 Å². The Balaban J connectivity index is 1.21. The Morgan fingerprint density at radius 3 is 2.67 bits per heavy atom. The van der Waals surface area contributed by atoms with E-state index in [4.69, 9.17) is 9.47 Å². The third kappa shape index (κ3) is 7.07. The highest BCUT2D eigenvalue weighted by molar-refractivity contribution is 7.19. The maximum Gasteiger partial charge on any atom is 0.320 e. The summed E-state index contributed by atoms with van der Waals surface area (Å²) in [5.74, 6) is 3.60. The molecule has 1 aliphatic heterocycles. The van der Waals surface area contributed by atoms with Gasteiger partial charge < -0.3 is 14.8 Å². The molecule has 7 nitrogen and oxygen atoms in total. The number of pyridine rings is 1. The van der Waals surface area contributed by atoms with Crippen molar-refractivity contribution < 1.29 is 27.8 Å². The number of amides is 1. The number of fused-ring (bicyclic) bond motifs is 1. The second-order valence-corrected chi connectivity index (χ2v) is 10.1. The first-order valence-electron chi connectivity index (χ1n) is 12.6. The van der Waals surface area contributed by atoms with Crippen LogP contribution in [0.3, 0.4) is 0 Å². The van der Waals surface area contributed by atoms with E-state index in [1.807, 2.05) is 12.1 Å². The lowest BCUT2D eigenvalue weighted by Crippen LogP contribution is -2.36. The van der Waals surface area contributed by atoms with E-state index in [1.54, 1.807) is 18.3 Å². The van der Waals surface area contributed by atoms with Gasteiger partial charge in [0.05, 0.1) is 40.5 Å². The van der Waals surface area contributed by atoms with Gasteiger partial charge in [-0.05, 0) is 41.5 Å². The monoisotopic (exact) mass is 561 g/mol. The van der Waals surface area contributed by atoms with Crippen molar-refractivity contribution in [1.82, 2.24) is 9.88 Å². The Kier molecular flexibility index (Phi) is 8.76. The van der Waals surface area contributed by atoms with Crippen LogP contribution in [0.1, 0.15) is 22.4 Å². The third-order valence-electron chi connectivity index (χ3n) is 6.20. The fourth-order valence-corrected chi connectivity index (χ4v) is 5.19. The van der Waals surface area contributed by atoms with Crippen LogP contribution in [0.4, 0.5) is 14.5 Å². The van der Waals surface area contributed by atoms with E-state index in [-0.39, 0.29) is 11.4 Å². The van der Waals surface area contributed by atoms with Gasteiger partial charge in [-0.2, -0.15) is 0 Å². The molecule has 0 radical (unpaired) electrons. The minimum Gasteiger partial charge on any atom is -0.426 e. The van der Waals surface area contributed by atoms with Crippen molar-refractivity contribution in [3.8, 4) is 17.6 Å². The number of anilines is 1. The summed E-state index contributed by atoms with van der Waals surface area (Å²) in [4.78, 5) is 31.8. The van der Waals surface area contributed by atoms with Gasteiger partial charge in [0, 0.05) is 31.8 Å². The van der Waals surface area contributed by atoms with E-state index in [0.717, 1.165) is 53.0 Å². The highest BCUT2D eigenvalue weighted by Crippen LogP contribution is 2.29. The van der Waals surface area contributed by atoms with Crippen LogP contribution in [-0.4, -0.2) is 54.6 Å². The zero-order valence-electron chi connectivity index (χ0n) is 21.4. The molecule has 40 heavy (non-hydrogen) atoms. The smallest absolute Gasteiger partial charge is 0.320 e. The Labute approximate surface area is 233 Å². The molecule has 0 spiro atoms. The molecule has 4 aromatic rings. The summed E-state index contributed by atoms with van der Waals surface area (Å²) in [6.45, 7) is 3.89. The summed E-state index contributed by atoms with van der Waals surface area (Å²) in [5, 5.41) is 2.31. The lowest BCUT2D eigenvalue weighted by molar-refractivity contribution is -0.137. The van der Waals surface area contributed by atoms with Gasteiger partial charge >= 0.3 is 5.97 Å². The van der Waals surface area contributed by atoms with E-state index in [9.17, 15) is 18.4 Å². The van der Waals surface area contributed by atoms with Gasteiger partial charge in [0.2, 0.25) is 5.91 Å². The molecule has 2 aromatic carbocycles. The lowest BCUT2D eigenvalue weighted by atomic mass is 10.0. The van der Waals surface area contributed by atoms with E-state index in [2.05, 4.69) is 27.0 Å². The number of rotatable bonds is 7. The number of carbonyl (C=O) groups is 2. The Morgan fingerprint density at radius 1 is 1.05 bits per heavy atom. The Morgan fingerprint density at radius 2 is 1.88 bits per heavy atom. The fourth-order valence-electron chi connectivity index (χ4n) is 4.18. The standard InChI is InChI=1S/C30H25F2N3O4S/c31-24-5-1-2-6-26(24)34-28(36)19-29(37)39-22-8-7-20(25(32)17-22)16-21-9-10-33-27-18-23(40-30(21)27)4-3-11-35-12-14-38-15-13-35/h1-2,5-10,17-18H,11-16,19H2,(H,34,36). The van der Waals surface area contributed by atoms with Gasteiger partial charge in [-0.15, -0.1) is 11.3 Å². The first kappa shape index (κ1) is 27.4. The van der Waals surface area contributed by atoms with Crippen LogP contribution < -0.4 is 10.1 Å². The second-order valence-electron chi connectivity index (χ2n) is 9.09. The Hall–Kier alpha value is -4.17. The normalized spacial score (nSPS) is 13.4. The predicted molar refractivity (Wildman–Crippen MR) is 148 cm³/mol. The minimum atomic E-state index is -0.891. The average molecular weight is 562 g/mol. The second kappa shape index (κ2) is 12.8. The first-order chi connectivity index (χ1) is 19.4. The summed E-state index contributed by atoms with van der Waals surface area (Å²) >= 11 is 1.52. The average Bonchev–Trinajstić information content (AvgIpc) is 3.36. The van der Waals surface area contributed by atoms with Gasteiger partial charge in [0.15, 0.2) is 0 Å². The molecule has 10 heteroatoms. The van der Waals surface area contributed by atoms with Crippen LogP contribution in [0.15, 0.2) is 60.8 Å². The summed E-state index contributed by atoms with van der Waals surface area (Å²) in [6, 6.07) is 13.5. The number of aromatic nitrogens is 1. The van der Waals surface area contributed by atoms with Gasteiger partial charge in [-0.25, -0.2) is 8.78 Å². The van der Waals surface area contributed by atoms with Crippen LogP contribution in [-0.2, 0) is 20.7 Å². The molecule has 1 amide bonds. The fraction of sp³-hybridized carbons (Fsp3) is 0.233. The molecule has 1 saturated heterocycles. The van der Waals surface area contributed by atoms with E-state index in [0.29, 0.717) is 18.5 Å². The number of nitrogens with one attached hydrogen (secondary N) is 1. The number of nitrogens with zero attached hydrogens (tertiary/aromatic N) is 2. The van der Waals surface area contributed by atoms with Gasteiger partial charge in [0.25, 0.3) is 0 Å². The lowest BCUT2D eigenvalue weighted by Gasteiger charge is -2.24. The molecule has 5 rings (SSSR count). The molecule has 204 valence electrons. The van der Waals surface area contributed by atoms with Crippen LogP contribution in [0.2, 0.25) is 0 Å². The van der Waals surface area contributed by atoms with Crippen molar-refractivity contribution in [2.24, 2.45) is 0 Å². The molecule has 3 heterocycles. The van der Waals surface area contributed by atoms with Crippen LogP contribution in [0.25, 0.3) is 10.2 Å². The molecule has 1 aliphatic rings. The summed E-state index contributed by atoms with van der Waals surface area (Å²) in [6.07, 6.45) is 1.35. The van der Waals surface area contributed by atoms with Crippen molar-refractivity contribution in [2.45, 2.75) is 12.8 Å². The highest BCUT2D eigenvalue weighted by Gasteiger charge is 2.16. The number of esters is 1. The molecule has 2 aromatic heterocycles. The molecule has 1 N–H and O–H groups in total. The third-order valence-corrected chi connectivity index (χ3v) is 7.32. The molecular formula is C30H25F2N3O4S. The number of ether oxygens (including phenoxy) is 2. The maximum absolute atomic E-state index is 15.0. The number of halogens is 2. The van der Waals surface area contributed by atoms with Crippen LogP contribution in [0.5, 0.6) is 5.75 Å². The summed E-state index contributed by atoms with van der Waals surface area (Å²) in [7, 11) is 0. The van der Waals surface area contributed by atoms with Crippen molar-refractivity contribution in [2.75, 3.05) is 38.2 Å². The molecular weight excluding hydrogens is 536 g/mol. The van der Waals surface area contributed by atoms with Crippen LogP contribution in [0, 0.1) is 23.5 Å². The highest BCUT2D eigenvalue weighted by atomic mass is 32.1. The minimum absolute atomic E-state index is 0.0289. The predicted octanol–water partition coefficient (Wildman–Crippen LogP) is 4.78. The Bertz CT molecular complexity index is 1610. The number of hydrogen-bond donors (Lipinski definition) is 1. The molecule has 0 aliphatic carbocycles.